The number of anilines is 1. The Bertz CT molecular complexity index is 1050. The SMILES string of the molecule is COc1cccc(-n2nc(C)c([C@@H]3COCCN3c3ccc(C#N)nn3)c2C)c1. The summed E-state index contributed by atoms with van der Waals surface area (Å²) in [4.78, 5) is 2.17. The number of ether oxygens (including phenoxy) is 2. The van der Waals surface area contributed by atoms with Crippen molar-refractivity contribution in [2.24, 2.45) is 0 Å². The molecule has 2 aromatic heterocycles. The molecule has 0 bridgehead atoms. The molecule has 0 spiro atoms. The average molecular weight is 390 g/mol. The Balaban J connectivity index is 1.74. The molecule has 4 rings (SSSR count). The minimum atomic E-state index is -0.0367. The molecule has 148 valence electrons. The molecule has 1 saturated heterocycles. The number of nitrogens with zero attached hydrogens (tertiary/aromatic N) is 6. The van der Waals surface area contributed by atoms with E-state index in [0.717, 1.165) is 34.2 Å². The molecule has 29 heavy (non-hydrogen) atoms. The van der Waals surface area contributed by atoms with E-state index in [-0.39, 0.29) is 6.04 Å². The van der Waals surface area contributed by atoms with E-state index in [1.165, 1.54) is 0 Å². The van der Waals surface area contributed by atoms with Crippen LogP contribution in [0.1, 0.15) is 28.7 Å². The van der Waals surface area contributed by atoms with Crippen LogP contribution < -0.4 is 9.64 Å². The van der Waals surface area contributed by atoms with Gasteiger partial charge in [-0.1, -0.05) is 6.07 Å². The quantitative estimate of drug-likeness (QED) is 0.677. The van der Waals surface area contributed by atoms with Crippen LogP contribution in [0.5, 0.6) is 5.75 Å². The molecule has 0 radical (unpaired) electrons. The smallest absolute Gasteiger partial charge is 0.163 e. The number of hydrogen-bond donors (Lipinski definition) is 0. The van der Waals surface area contributed by atoms with Gasteiger partial charge in [0.15, 0.2) is 11.5 Å². The number of aromatic nitrogens is 4. The average Bonchev–Trinajstić information content (AvgIpc) is 3.07. The number of nitriles is 1. The van der Waals surface area contributed by atoms with Crippen LogP contribution in [0.2, 0.25) is 0 Å². The molecule has 0 aliphatic carbocycles. The van der Waals surface area contributed by atoms with E-state index in [9.17, 15) is 0 Å². The minimum Gasteiger partial charge on any atom is -0.497 e. The Labute approximate surface area is 169 Å². The topological polar surface area (TPSA) is 89.1 Å². The van der Waals surface area contributed by atoms with Gasteiger partial charge in [-0.2, -0.15) is 10.4 Å². The standard InChI is InChI=1S/C21H22N6O2/c1-14-21(15(2)27(25-14)17-5-4-6-18(11-17)28-3)19-13-29-10-9-26(19)20-8-7-16(12-22)23-24-20/h4-8,11,19H,9-10,13H2,1-3H3/t19-/m0/s1. The van der Waals surface area contributed by atoms with Crippen molar-refractivity contribution in [2.75, 3.05) is 31.8 Å². The summed E-state index contributed by atoms with van der Waals surface area (Å²) >= 11 is 0. The third-order valence-corrected chi connectivity index (χ3v) is 5.17. The van der Waals surface area contributed by atoms with Crippen LogP contribution in [0.4, 0.5) is 5.82 Å². The summed E-state index contributed by atoms with van der Waals surface area (Å²) in [5.41, 5.74) is 4.33. The molecule has 1 aliphatic rings. The molecule has 8 nitrogen and oxygen atoms in total. The second kappa shape index (κ2) is 7.89. The Morgan fingerprint density at radius 1 is 1.21 bits per heavy atom. The molecule has 1 fully saturated rings. The predicted octanol–water partition coefficient (Wildman–Crippen LogP) is 2.74. The van der Waals surface area contributed by atoms with E-state index >= 15 is 0 Å². The molecule has 0 N–H and O–H groups in total. The maximum absolute atomic E-state index is 8.98. The van der Waals surface area contributed by atoms with Crippen molar-refractivity contribution < 1.29 is 9.47 Å². The zero-order valence-corrected chi connectivity index (χ0v) is 16.7. The number of morpholine rings is 1. The lowest BCUT2D eigenvalue weighted by molar-refractivity contribution is 0.0932. The van der Waals surface area contributed by atoms with Crippen LogP contribution in [0.15, 0.2) is 36.4 Å². The van der Waals surface area contributed by atoms with Crippen molar-refractivity contribution in [3.05, 3.63) is 59.0 Å². The summed E-state index contributed by atoms with van der Waals surface area (Å²) in [6, 6.07) is 13.3. The van der Waals surface area contributed by atoms with Gasteiger partial charge in [0.05, 0.1) is 37.7 Å². The molecule has 1 aliphatic heterocycles. The predicted molar refractivity (Wildman–Crippen MR) is 107 cm³/mol. The fraction of sp³-hybridized carbons (Fsp3) is 0.333. The van der Waals surface area contributed by atoms with Crippen molar-refractivity contribution >= 4 is 5.82 Å². The largest absolute Gasteiger partial charge is 0.497 e. The van der Waals surface area contributed by atoms with Crippen LogP contribution in [0.3, 0.4) is 0 Å². The van der Waals surface area contributed by atoms with Gasteiger partial charge < -0.3 is 14.4 Å². The van der Waals surface area contributed by atoms with E-state index in [1.54, 1.807) is 13.2 Å². The first-order chi connectivity index (χ1) is 14.1. The first-order valence-corrected chi connectivity index (χ1v) is 9.41. The fourth-order valence-electron chi connectivity index (χ4n) is 3.79. The van der Waals surface area contributed by atoms with Crippen LogP contribution in [-0.2, 0) is 4.74 Å². The highest BCUT2D eigenvalue weighted by Crippen LogP contribution is 2.33. The zero-order valence-electron chi connectivity index (χ0n) is 16.7. The summed E-state index contributed by atoms with van der Waals surface area (Å²) in [5, 5.41) is 22.0. The molecular formula is C21H22N6O2. The van der Waals surface area contributed by atoms with Gasteiger partial charge in [-0.3, -0.25) is 0 Å². The summed E-state index contributed by atoms with van der Waals surface area (Å²) < 4.78 is 13.1. The second-order valence-electron chi connectivity index (χ2n) is 6.87. The van der Waals surface area contributed by atoms with Crippen LogP contribution in [0, 0.1) is 25.2 Å². The lowest BCUT2D eigenvalue weighted by Crippen LogP contribution is -2.40. The molecule has 8 heteroatoms. The number of aryl methyl sites for hydroxylation is 1. The lowest BCUT2D eigenvalue weighted by Gasteiger charge is -2.36. The van der Waals surface area contributed by atoms with Crippen molar-refractivity contribution in [3.8, 4) is 17.5 Å². The summed E-state index contributed by atoms with van der Waals surface area (Å²) in [6.45, 7) is 5.91. The molecule has 1 atom stereocenters. The number of benzene rings is 1. The summed E-state index contributed by atoms with van der Waals surface area (Å²) in [5.74, 6) is 1.51. The summed E-state index contributed by atoms with van der Waals surface area (Å²) in [7, 11) is 1.65. The third-order valence-electron chi connectivity index (χ3n) is 5.17. The first-order valence-electron chi connectivity index (χ1n) is 9.41. The van der Waals surface area contributed by atoms with Gasteiger partial charge in [0, 0.05) is 23.9 Å². The van der Waals surface area contributed by atoms with E-state index < -0.39 is 0 Å². The number of methoxy groups -OCH3 is 1. The molecular weight excluding hydrogens is 368 g/mol. The monoisotopic (exact) mass is 390 g/mol. The van der Waals surface area contributed by atoms with Gasteiger partial charge in [0.1, 0.15) is 11.8 Å². The van der Waals surface area contributed by atoms with Crippen LogP contribution >= 0.6 is 0 Å². The highest BCUT2D eigenvalue weighted by molar-refractivity contribution is 5.48. The van der Waals surface area contributed by atoms with E-state index in [0.29, 0.717) is 25.5 Å². The molecule has 3 aromatic rings. The molecule has 1 aromatic carbocycles. The Morgan fingerprint density at radius 3 is 2.79 bits per heavy atom. The summed E-state index contributed by atoms with van der Waals surface area (Å²) in [6.07, 6.45) is 0. The second-order valence-corrected chi connectivity index (χ2v) is 6.87. The van der Waals surface area contributed by atoms with Gasteiger partial charge in [-0.25, -0.2) is 4.68 Å². The van der Waals surface area contributed by atoms with E-state index in [2.05, 4.69) is 22.0 Å². The minimum absolute atomic E-state index is 0.0367. The van der Waals surface area contributed by atoms with Crippen molar-refractivity contribution in [3.63, 3.8) is 0 Å². The fourth-order valence-corrected chi connectivity index (χ4v) is 3.79. The molecule has 0 saturated carbocycles. The normalized spacial score (nSPS) is 16.5. The first kappa shape index (κ1) is 18.9. The highest BCUT2D eigenvalue weighted by Gasteiger charge is 2.31. The Morgan fingerprint density at radius 2 is 2.07 bits per heavy atom. The maximum Gasteiger partial charge on any atom is 0.163 e. The molecule has 3 heterocycles. The number of rotatable bonds is 4. The van der Waals surface area contributed by atoms with Crippen molar-refractivity contribution in [1.29, 1.82) is 5.26 Å². The lowest BCUT2D eigenvalue weighted by atomic mass is 10.0. The third kappa shape index (κ3) is 3.52. The van der Waals surface area contributed by atoms with E-state index in [4.69, 9.17) is 19.8 Å². The van der Waals surface area contributed by atoms with Gasteiger partial charge in [-0.05, 0) is 38.1 Å². The van der Waals surface area contributed by atoms with Crippen LogP contribution in [0.25, 0.3) is 5.69 Å². The van der Waals surface area contributed by atoms with Crippen LogP contribution in [-0.4, -0.2) is 46.8 Å². The Hall–Kier alpha value is -3.44. The van der Waals surface area contributed by atoms with Gasteiger partial charge in [0.25, 0.3) is 0 Å². The highest BCUT2D eigenvalue weighted by atomic mass is 16.5. The Kier molecular flexibility index (Phi) is 5.14. The molecule has 0 unspecified atom stereocenters. The molecule has 0 amide bonds. The van der Waals surface area contributed by atoms with E-state index in [1.807, 2.05) is 48.0 Å². The number of hydrogen-bond acceptors (Lipinski definition) is 7. The van der Waals surface area contributed by atoms with Crippen molar-refractivity contribution in [2.45, 2.75) is 19.9 Å². The van der Waals surface area contributed by atoms with Gasteiger partial charge >= 0.3 is 0 Å². The van der Waals surface area contributed by atoms with Crippen molar-refractivity contribution in [1.82, 2.24) is 20.0 Å². The van der Waals surface area contributed by atoms with Gasteiger partial charge in [0.2, 0.25) is 0 Å². The maximum atomic E-state index is 8.98. The zero-order chi connectivity index (χ0) is 20.4. The van der Waals surface area contributed by atoms with Gasteiger partial charge in [-0.15, -0.1) is 10.2 Å².